The van der Waals surface area contributed by atoms with Gasteiger partial charge in [0.25, 0.3) is 0 Å². The maximum atomic E-state index is 10.9. The molecule has 2 aromatic carbocycles. The molecule has 126 valence electrons. The molecule has 2 aromatic rings. The molecule has 0 saturated heterocycles. The van der Waals surface area contributed by atoms with Gasteiger partial charge >= 0.3 is 5.97 Å². The number of carboxylic acid groups (broad SMARTS) is 1. The molecule has 0 aliphatic heterocycles. The number of rotatable bonds is 8. The van der Waals surface area contributed by atoms with E-state index in [0.29, 0.717) is 18.4 Å². The van der Waals surface area contributed by atoms with E-state index < -0.39 is 5.97 Å². The fourth-order valence-electron chi connectivity index (χ4n) is 3.53. The summed E-state index contributed by atoms with van der Waals surface area (Å²) in [6.07, 6.45) is 4.07. The Morgan fingerprint density at radius 3 is 2.29 bits per heavy atom. The van der Waals surface area contributed by atoms with Gasteiger partial charge in [0.05, 0.1) is 0 Å². The fraction of sp³-hybridized carbons (Fsp3) is 0.381. The van der Waals surface area contributed by atoms with Crippen molar-refractivity contribution in [1.82, 2.24) is 5.32 Å². The van der Waals surface area contributed by atoms with Gasteiger partial charge in [0.2, 0.25) is 0 Å². The van der Waals surface area contributed by atoms with E-state index in [0.717, 1.165) is 19.3 Å². The van der Waals surface area contributed by atoms with Crippen LogP contribution in [-0.4, -0.2) is 23.2 Å². The first kappa shape index (κ1) is 16.7. The largest absolute Gasteiger partial charge is 0.481 e. The summed E-state index contributed by atoms with van der Waals surface area (Å²) in [6.45, 7) is 0. The Bertz CT molecular complexity index is 635. The van der Waals surface area contributed by atoms with Gasteiger partial charge in [0.1, 0.15) is 0 Å². The second-order valence-electron chi connectivity index (χ2n) is 6.76. The van der Waals surface area contributed by atoms with Crippen molar-refractivity contribution in [2.45, 2.75) is 50.1 Å². The second-order valence-corrected chi connectivity index (χ2v) is 6.76. The molecule has 1 saturated carbocycles. The van der Waals surface area contributed by atoms with E-state index in [4.69, 9.17) is 5.11 Å². The highest BCUT2D eigenvalue weighted by atomic mass is 16.4. The Balaban J connectivity index is 1.53. The van der Waals surface area contributed by atoms with Gasteiger partial charge in [-0.05, 0) is 42.7 Å². The molecule has 0 radical (unpaired) electrons. The quantitative estimate of drug-likeness (QED) is 0.772. The molecule has 24 heavy (non-hydrogen) atoms. The van der Waals surface area contributed by atoms with Crippen LogP contribution < -0.4 is 5.32 Å². The topological polar surface area (TPSA) is 49.3 Å². The highest BCUT2D eigenvalue weighted by Gasteiger charge is 2.31. The monoisotopic (exact) mass is 323 g/mol. The minimum atomic E-state index is -0.717. The first-order valence-electron chi connectivity index (χ1n) is 8.77. The van der Waals surface area contributed by atoms with Gasteiger partial charge in [0, 0.05) is 18.5 Å². The van der Waals surface area contributed by atoms with Crippen molar-refractivity contribution in [3.05, 3.63) is 71.8 Å². The lowest BCUT2D eigenvalue weighted by atomic mass is 9.75. The molecule has 3 rings (SSSR count). The predicted octanol–water partition coefficient (Wildman–Crippen LogP) is 4.00. The third-order valence-electron chi connectivity index (χ3n) is 4.91. The van der Waals surface area contributed by atoms with Gasteiger partial charge in [-0.3, -0.25) is 4.79 Å². The summed E-state index contributed by atoms with van der Waals surface area (Å²) in [5.41, 5.74) is 2.68. The summed E-state index contributed by atoms with van der Waals surface area (Å²) in [7, 11) is 0. The Hall–Kier alpha value is -2.13. The van der Waals surface area contributed by atoms with Gasteiger partial charge in [-0.2, -0.15) is 0 Å². The molecule has 0 heterocycles. The van der Waals surface area contributed by atoms with Gasteiger partial charge in [0.15, 0.2) is 0 Å². The maximum Gasteiger partial charge on any atom is 0.303 e. The minimum Gasteiger partial charge on any atom is -0.481 e. The average molecular weight is 323 g/mol. The zero-order chi connectivity index (χ0) is 16.8. The lowest BCUT2D eigenvalue weighted by Gasteiger charge is -2.39. The summed E-state index contributed by atoms with van der Waals surface area (Å²) in [4.78, 5) is 10.9. The van der Waals surface area contributed by atoms with Crippen LogP contribution in [0, 0.1) is 0 Å². The van der Waals surface area contributed by atoms with Crippen molar-refractivity contribution in [1.29, 1.82) is 0 Å². The van der Waals surface area contributed by atoms with Crippen molar-refractivity contribution < 1.29 is 9.90 Å². The van der Waals surface area contributed by atoms with E-state index in [1.54, 1.807) is 0 Å². The molecule has 3 heteroatoms. The number of carboxylic acids is 1. The number of hydrogen-bond donors (Lipinski definition) is 2. The van der Waals surface area contributed by atoms with Gasteiger partial charge in [-0.25, -0.2) is 0 Å². The van der Waals surface area contributed by atoms with Crippen LogP contribution in [0.4, 0.5) is 0 Å². The summed E-state index contributed by atoms with van der Waals surface area (Å²) in [5.74, 6) is -0.0776. The molecular weight excluding hydrogens is 298 g/mol. The second kappa shape index (κ2) is 8.11. The van der Waals surface area contributed by atoms with Crippen molar-refractivity contribution in [3.8, 4) is 0 Å². The molecule has 0 amide bonds. The van der Waals surface area contributed by atoms with E-state index in [1.807, 2.05) is 18.2 Å². The lowest BCUT2D eigenvalue weighted by Crippen LogP contribution is -2.46. The maximum absolute atomic E-state index is 10.9. The Labute approximate surface area is 143 Å². The van der Waals surface area contributed by atoms with E-state index in [2.05, 4.69) is 47.8 Å². The first-order chi connectivity index (χ1) is 11.7. The lowest BCUT2D eigenvalue weighted by molar-refractivity contribution is -0.137. The van der Waals surface area contributed by atoms with Crippen molar-refractivity contribution in [3.63, 3.8) is 0 Å². The number of benzene rings is 2. The minimum absolute atomic E-state index is 0.222. The predicted molar refractivity (Wildman–Crippen MR) is 96.1 cm³/mol. The van der Waals surface area contributed by atoms with Gasteiger partial charge < -0.3 is 10.4 Å². The van der Waals surface area contributed by atoms with Crippen LogP contribution in [0.2, 0.25) is 0 Å². The summed E-state index contributed by atoms with van der Waals surface area (Å²) in [5, 5.41) is 12.7. The van der Waals surface area contributed by atoms with E-state index in [9.17, 15) is 4.79 Å². The summed E-state index contributed by atoms with van der Waals surface area (Å²) >= 11 is 0. The Morgan fingerprint density at radius 1 is 1.04 bits per heavy atom. The van der Waals surface area contributed by atoms with Crippen LogP contribution in [0.5, 0.6) is 0 Å². The van der Waals surface area contributed by atoms with Gasteiger partial charge in [-0.1, -0.05) is 60.7 Å². The molecule has 1 unspecified atom stereocenters. The molecule has 1 aliphatic rings. The molecule has 0 spiro atoms. The summed E-state index contributed by atoms with van der Waals surface area (Å²) in [6, 6.07) is 21.7. The third kappa shape index (κ3) is 4.68. The molecule has 3 nitrogen and oxygen atoms in total. The standard InChI is InChI=1S/C21H25NO2/c23-21(24)12-11-19(13-16-7-3-1-4-8-16)22-20-14-18(15-20)17-9-5-2-6-10-17/h1-10,18-20,22H,11-15H2,(H,23,24). The zero-order valence-corrected chi connectivity index (χ0v) is 13.9. The highest BCUT2D eigenvalue weighted by molar-refractivity contribution is 5.66. The zero-order valence-electron chi connectivity index (χ0n) is 13.9. The molecule has 0 bridgehead atoms. The molecule has 1 atom stereocenters. The van der Waals surface area contributed by atoms with E-state index >= 15 is 0 Å². The fourth-order valence-corrected chi connectivity index (χ4v) is 3.53. The number of aliphatic carboxylic acids is 1. The number of hydrogen-bond acceptors (Lipinski definition) is 2. The van der Waals surface area contributed by atoms with Crippen LogP contribution in [0.1, 0.15) is 42.7 Å². The Morgan fingerprint density at radius 2 is 1.67 bits per heavy atom. The Kier molecular flexibility index (Phi) is 5.65. The molecule has 0 aromatic heterocycles. The van der Waals surface area contributed by atoms with Crippen molar-refractivity contribution in [2.75, 3.05) is 0 Å². The van der Waals surface area contributed by atoms with Crippen LogP contribution in [0.15, 0.2) is 60.7 Å². The average Bonchev–Trinajstić information content (AvgIpc) is 2.57. The van der Waals surface area contributed by atoms with Crippen LogP contribution in [0.25, 0.3) is 0 Å². The molecule has 2 N–H and O–H groups in total. The van der Waals surface area contributed by atoms with Crippen molar-refractivity contribution in [2.24, 2.45) is 0 Å². The highest BCUT2D eigenvalue weighted by Crippen LogP contribution is 2.37. The SMILES string of the molecule is O=C(O)CCC(Cc1ccccc1)NC1CC(c2ccccc2)C1. The van der Waals surface area contributed by atoms with E-state index in [-0.39, 0.29) is 12.5 Å². The third-order valence-corrected chi connectivity index (χ3v) is 4.91. The van der Waals surface area contributed by atoms with Crippen molar-refractivity contribution >= 4 is 5.97 Å². The van der Waals surface area contributed by atoms with E-state index in [1.165, 1.54) is 11.1 Å². The summed E-state index contributed by atoms with van der Waals surface area (Å²) < 4.78 is 0. The molecule has 1 fully saturated rings. The van der Waals surface area contributed by atoms with Gasteiger partial charge in [-0.15, -0.1) is 0 Å². The first-order valence-corrected chi connectivity index (χ1v) is 8.77. The number of nitrogens with one attached hydrogen (secondary N) is 1. The smallest absolute Gasteiger partial charge is 0.303 e. The molecule has 1 aliphatic carbocycles. The van der Waals surface area contributed by atoms with Crippen LogP contribution in [0.3, 0.4) is 0 Å². The van der Waals surface area contributed by atoms with Crippen LogP contribution in [-0.2, 0) is 11.2 Å². The number of carbonyl (C=O) groups is 1. The van der Waals surface area contributed by atoms with Crippen LogP contribution >= 0.6 is 0 Å². The normalized spacial score (nSPS) is 21.0. The molecular formula is C21H25NO2.